The summed E-state index contributed by atoms with van der Waals surface area (Å²) in [4.78, 5) is 23.0. The maximum atomic E-state index is 12.7. The van der Waals surface area contributed by atoms with Crippen LogP contribution < -0.4 is 9.75 Å². The monoisotopic (exact) mass is 387 g/mol. The number of nitro groups is 1. The summed E-state index contributed by atoms with van der Waals surface area (Å²) in [6, 6.07) is 8.57. The second-order valence-electron chi connectivity index (χ2n) is 5.69. The number of non-ortho nitro benzene ring substituents is 1. The average molecular weight is 388 g/mol. The zero-order valence-electron chi connectivity index (χ0n) is 14.3. The number of aromatic hydroxyl groups is 1. The van der Waals surface area contributed by atoms with Crippen LogP contribution in [0.5, 0.6) is 11.5 Å². The standard InChI is InChI=1S/C18H14ClN3O5/c1-10-14(7-11-8-15(19)17(23)16(9-11)27-2)18(24)21(20-10)12-3-5-13(6-4-12)22(25)26/h3-9,23H,1-2H3/b14-7+. The van der Waals surface area contributed by atoms with Gasteiger partial charge in [-0.15, -0.1) is 0 Å². The Balaban J connectivity index is 1.94. The number of hydrogen-bond donors (Lipinski definition) is 1. The highest BCUT2D eigenvalue weighted by molar-refractivity contribution is 6.33. The van der Waals surface area contributed by atoms with Crippen LogP contribution in [-0.4, -0.2) is 28.8 Å². The quantitative estimate of drug-likeness (QED) is 0.488. The molecule has 0 radical (unpaired) electrons. The smallest absolute Gasteiger partial charge is 0.280 e. The van der Waals surface area contributed by atoms with Gasteiger partial charge in [-0.1, -0.05) is 11.6 Å². The molecule has 0 aromatic heterocycles. The van der Waals surface area contributed by atoms with E-state index in [1.165, 1.54) is 42.5 Å². The lowest BCUT2D eigenvalue weighted by molar-refractivity contribution is -0.384. The van der Waals surface area contributed by atoms with Crippen LogP contribution in [-0.2, 0) is 4.79 Å². The van der Waals surface area contributed by atoms with Crippen LogP contribution in [0.3, 0.4) is 0 Å². The molecule has 8 nitrogen and oxygen atoms in total. The summed E-state index contributed by atoms with van der Waals surface area (Å²) in [6.07, 6.45) is 1.58. The number of benzene rings is 2. The Bertz CT molecular complexity index is 999. The number of methoxy groups -OCH3 is 1. The molecule has 1 heterocycles. The Hall–Kier alpha value is -3.39. The van der Waals surface area contributed by atoms with E-state index in [0.29, 0.717) is 22.5 Å². The fourth-order valence-electron chi connectivity index (χ4n) is 2.57. The molecule has 0 unspecified atom stereocenters. The molecule has 1 N–H and O–H groups in total. The summed E-state index contributed by atoms with van der Waals surface area (Å²) in [5.41, 5.74) is 1.69. The first kappa shape index (κ1) is 18.4. The second-order valence-corrected chi connectivity index (χ2v) is 6.09. The number of carbonyl (C=O) groups excluding carboxylic acids is 1. The van der Waals surface area contributed by atoms with Crippen LogP contribution in [0.2, 0.25) is 5.02 Å². The van der Waals surface area contributed by atoms with Crippen molar-refractivity contribution in [2.24, 2.45) is 5.10 Å². The van der Waals surface area contributed by atoms with Crippen molar-refractivity contribution in [1.29, 1.82) is 0 Å². The summed E-state index contributed by atoms with van der Waals surface area (Å²) in [7, 11) is 1.39. The first-order valence-electron chi connectivity index (χ1n) is 7.74. The van der Waals surface area contributed by atoms with Crippen molar-refractivity contribution in [3.63, 3.8) is 0 Å². The number of hydrogen-bond acceptors (Lipinski definition) is 6. The number of carbonyl (C=O) groups is 1. The van der Waals surface area contributed by atoms with Crippen molar-refractivity contribution in [1.82, 2.24) is 0 Å². The average Bonchev–Trinajstić information content (AvgIpc) is 2.92. The van der Waals surface area contributed by atoms with Crippen molar-refractivity contribution in [3.8, 4) is 11.5 Å². The predicted molar refractivity (Wildman–Crippen MR) is 101 cm³/mol. The van der Waals surface area contributed by atoms with Gasteiger partial charge in [0.1, 0.15) is 0 Å². The fourth-order valence-corrected chi connectivity index (χ4v) is 2.79. The number of phenolic OH excluding ortho intramolecular Hbond substituents is 1. The Morgan fingerprint density at radius 3 is 2.56 bits per heavy atom. The van der Waals surface area contributed by atoms with Gasteiger partial charge in [-0.05, 0) is 42.8 Å². The van der Waals surface area contributed by atoms with E-state index in [1.54, 1.807) is 19.1 Å². The van der Waals surface area contributed by atoms with E-state index >= 15 is 0 Å². The largest absolute Gasteiger partial charge is 0.503 e. The lowest BCUT2D eigenvalue weighted by atomic mass is 10.1. The molecule has 0 saturated carbocycles. The number of halogens is 1. The van der Waals surface area contributed by atoms with Gasteiger partial charge in [0, 0.05) is 12.1 Å². The van der Waals surface area contributed by atoms with Crippen LogP contribution in [0.25, 0.3) is 6.08 Å². The summed E-state index contributed by atoms with van der Waals surface area (Å²) in [5, 5.41) is 26.1. The third kappa shape index (κ3) is 3.47. The van der Waals surface area contributed by atoms with Gasteiger partial charge >= 0.3 is 0 Å². The van der Waals surface area contributed by atoms with E-state index in [-0.39, 0.29) is 28.1 Å². The maximum Gasteiger partial charge on any atom is 0.280 e. The van der Waals surface area contributed by atoms with Crippen LogP contribution in [0.4, 0.5) is 11.4 Å². The normalized spacial score (nSPS) is 15.2. The van der Waals surface area contributed by atoms with Crippen molar-refractivity contribution >= 4 is 40.7 Å². The molecule has 2 aromatic rings. The molecule has 0 aliphatic carbocycles. The van der Waals surface area contributed by atoms with Crippen molar-refractivity contribution in [3.05, 3.63) is 62.7 Å². The van der Waals surface area contributed by atoms with Crippen LogP contribution >= 0.6 is 11.6 Å². The number of amides is 1. The molecule has 1 amide bonds. The molecular weight excluding hydrogens is 374 g/mol. The van der Waals surface area contributed by atoms with E-state index in [9.17, 15) is 20.0 Å². The lowest BCUT2D eigenvalue weighted by Crippen LogP contribution is -2.21. The molecule has 0 bridgehead atoms. The third-order valence-electron chi connectivity index (χ3n) is 3.95. The van der Waals surface area contributed by atoms with E-state index in [1.807, 2.05) is 0 Å². The number of rotatable bonds is 4. The molecule has 1 aliphatic rings. The second kappa shape index (κ2) is 7.08. The highest BCUT2D eigenvalue weighted by atomic mass is 35.5. The van der Waals surface area contributed by atoms with Gasteiger partial charge in [0.05, 0.1) is 34.0 Å². The van der Waals surface area contributed by atoms with Crippen LogP contribution in [0, 0.1) is 10.1 Å². The predicted octanol–water partition coefficient (Wildman–Crippen LogP) is 3.77. The highest BCUT2D eigenvalue weighted by Gasteiger charge is 2.29. The number of phenols is 1. The van der Waals surface area contributed by atoms with Gasteiger partial charge < -0.3 is 9.84 Å². The van der Waals surface area contributed by atoms with Gasteiger partial charge in [-0.25, -0.2) is 0 Å². The van der Waals surface area contributed by atoms with E-state index < -0.39 is 4.92 Å². The van der Waals surface area contributed by atoms with E-state index in [0.717, 1.165) is 0 Å². The van der Waals surface area contributed by atoms with Crippen molar-refractivity contribution < 1.29 is 19.6 Å². The zero-order valence-corrected chi connectivity index (χ0v) is 15.1. The summed E-state index contributed by atoms with van der Waals surface area (Å²) >= 11 is 5.98. The molecular formula is C18H14ClN3O5. The molecule has 9 heteroatoms. The Morgan fingerprint density at radius 1 is 1.30 bits per heavy atom. The van der Waals surface area contributed by atoms with Gasteiger partial charge in [-0.2, -0.15) is 10.1 Å². The van der Waals surface area contributed by atoms with E-state index in [2.05, 4.69) is 5.10 Å². The summed E-state index contributed by atoms with van der Waals surface area (Å²) in [6.45, 7) is 1.67. The Morgan fingerprint density at radius 2 is 1.96 bits per heavy atom. The van der Waals surface area contributed by atoms with Gasteiger partial charge in [-0.3, -0.25) is 14.9 Å². The van der Waals surface area contributed by atoms with Gasteiger partial charge in [0.15, 0.2) is 11.5 Å². The minimum absolute atomic E-state index is 0.0762. The summed E-state index contributed by atoms with van der Waals surface area (Å²) < 4.78 is 5.06. The molecule has 1 aliphatic heterocycles. The number of anilines is 1. The minimum Gasteiger partial charge on any atom is -0.503 e. The van der Waals surface area contributed by atoms with E-state index in [4.69, 9.17) is 16.3 Å². The Labute approximate surface area is 159 Å². The number of ether oxygens (including phenoxy) is 1. The molecule has 2 aromatic carbocycles. The SMILES string of the molecule is COc1cc(/C=C2/C(=O)N(c3ccc([N+](=O)[O-])cc3)N=C2C)cc(Cl)c1O. The molecule has 0 fully saturated rings. The molecule has 27 heavy (non-hydrogen) atoms. The molecule has 3 rings (SSSR count). The summed E-state index contributed by atoms with van der Waals surface area (Å²) in [5.74, 6) is -0.386. The third-order valence-corrected chi connectivity index (χ3v) is 4.24. The van der Waals surface area contributed by atoms with Gasteiger partial charge in [0.2, 0.25) is 0 Å². The molecule has 138 valence electrons. The first-order valence-corrected chi connectivity index (χ1v) is 8.12. The van der Waals surface area contributed by atoms with Crippen molar-refractivity contribution in [2.75, 3.05) is 12.1 Å². The van der Waals surface area contributed by atoms with Crippen LogP contribution in [0.1, 0.15) is 12.5 Å². The fraction of sp³-hybridized carbons (Fsp3) is 0.111. The Kier molecular flexibility index (Phi) is 4.83. The molecule has 0 atom stereocenters. The maximum absolute atomic E-state index is 12.7. The van der Waals surface area contributed by atoms with Gasteiger partial charge in [0.25, 0.3) is 11.6 Å². The van der Waals surface area contributed by atoms with Crippen molar-refractivity contribution in [2.45, 2.75) is 6.92 Å². The topological polar surface area (TPSA) is 105 Å². The lowest BCUT2D eigenvalue weighted by Gasteiger charge is -2.11. The zero-order chi connectivity index (χ0) is 19.7. The number of hydrazone groups is 1. The number of nitro benzene ring substituents is 1. The minimum atomic E-state index is -0.516. The first-order chi connectivity index (χ1) is 12.8. The molecule has 0 saturated heterocycles. The highest BCUT2D eigenvalue weighted by Crippen LogP contribution is 2.36. The number of nitrogens with zero attached hydrogens (tertiary/aromatic N) is 3. The van der Waals surface area contributed by atoms with Crippen LogP contribution in [0.15, 0.2) is 47.1 Å². The molecule has 0 spiro atoms.